The van der Waals surface area contributed by atoms with Crippen molar-refractivity contribution in [3.8, 4) is 0 Å². The van der Waals surface area contributed by atoms with Crippen molar-refractivity contribution in [1.82, 2.24) is 5.32 Å². The zero-order chi connectivity index (χ0) is 16.3. The third kappa shape index (κ3) is 3.11. The minimum Gasteiger partial charge on any atom is -0.351 e. The Hall–Kier alpha value is -2.62. The van der Waals surface area contributed by atoms with Gasteiger partial charge in [0, 0.05) is 19.3 Å². The van der Waals surface area contributed by atoms with Crippen LogP contribution in [0.15, 0.2) is 60.7 Å². The van der Waals surface area contributed by atoms with Gasteiger partial charge in [-0.15, -0.1) is 0 Å². The summed E-state index contributed by atoms with van der Waals surface area (Å²) in [5, 5.41) is 2.90. The Kier molecular flexibility index (Phi) is 4.15. The molecule has 0 aliphatic heterocycles. The summed E-state index contributed by atoms with van der Waals surface area (Å²) in [6.07, 6.45) is 1.23. The average molecular weight is 308 g/mol. The molecule has 0 bridgehead atoms. The van der Waals surface area contributed by atoms with E-state index in [0.29, 0.717) is 19.4 Å². The molecule has 3 rings (SSSR count). The average Bonchev–Trinajstić information content (AvgIpc) is 3.42. The van der Waals surface area contributed by atoms with Crippen LogP contribution in [0.4, 0.5) is 5.69 Å². The van der Waals surface area contributed by atoms with Crippen molar-refractivity contribution < 1.29 is 9.59 Å². The summed E-state index contributed by atoms with van der Waals surface area (Å²) in [5.74, 6) is -0.302. The molecule has 1 fully saturated rings. The summed E-state index contributed by atoms with van der Waals surface area (Å²) in [6.45, 7) is 0.448. The van der Waals surface area contributed by atoms with Gasteiger partial charge in [-0.05, 0) is 30.5 Å². The van der Waals surface area contributed by atoms with Crippen LogP contribution in [-0.4, -0.2) is 18.9 Å². The van der Waals surface area contributed by atoms with Crippen LogP contribution in [0.3, 0.4) is 0 Å². The number of amides is 2. The number of anilines is 1. The maximum Gasteiger partial charge on any atom is 0.242 e. The predicted octanol–water partition coefficient (Wildman–Crippen LogP) is 2.75. The molecule has 0 saturated heterocycles. The van der Waals surface area contributed by atoms with Crippen molar-refractivity contribution in [1.29, 1.82) is 0 Å². The fraction of sp³-hybridized carbons (Fsp3) is 0.263. The maximum atomic E-state index is 12.7. The van der Waals surface area contributed by atoms with E-state index in [0.717, 1.165) is 11.3 Å². The molecular formula is C19H20N2O2. The summed E-state index contributed by atoms with van der Waals surface area (Å²) in [6, 6.07) is 19.1. The highest BCUT2D eigenvalue weighted by Crippen LogP contribution is 2.47. The van der Waals surface area contributed by atoms with Crippen LogP contribution in [-0.2, 0) is 16.1 Å². The van der Waals surface area contributed by atoms with Crippen LogP contribution in [0, 0.1) is 5.41 Å². The molecule has 2 aromatic rings. The largest absolute Gasteiger partial charge is 0.351 e. The topological polar surface area (TPSA) is 49.4 Å². The Morgan fingerprint density at radius 3 is 2.13 bits per heavy atom. The first-order valence-electron chi connectivity index (χ1n) is 7.79. The fourth-order valence-corrected chi connectivity index (χ4v) is 2.70. The Balaban J connectivity index is 1.66. The number of hydrogen-bond donors (Lipinski definition) is 1. The number of para-hydroxylation sites is 1. The molecule has 1 N–H and O–H groups in total. The monoisotopic (exact) mass is 308 g/mol. The molecule has 2 aromatic carbocycles. The Labute approximate surface area is 136 Å². The van der Waals surface area contributed by atoms with Crippen molar-refractivity contribution in [2.75, 3.05) is 11.9 Å². The summed E-state index contributed by atoms with van der Waals surface area (Å²) in [4.78, 5) is 26.8. The van der Waals surface area contributed by atoms with E-state index in [1.165, 1.54) is 0 Å². The second-order valence-corrected chi connectivity index (χ2v) is 5.95. The van der Waals surface area contributed by atoms with E-state index in [9.17, 15) is 9.59 Å². The lowest BCUT2D eigenvalue weighted by Gasteiger charge is -2.23. The van der Waals surface area contributed by atoms with Crippen LogP contribution in [0.2, 0.25) is 0 Å². The van der Waals surface area contributed by atoms with E-state index in [1.807, 2.05) is 60.7 Å². The lowest BCUT2D eigenvalue weighted by Crippen LogP contribution is -2.43. The molecule has 1 saturated carbocycles. The second kappa shape index (κ2) is 6.24. The number of rotatable bonds is 5. The van der Waals surface area contributed by atoms with Crippen LogP contribution in [0.1, 0.15) is 18.4 Å². The molecule has 0 radical (unpaired) electrons. The molecule has 0 aromatic heterocycles. The Morgan fingerprint density at radius 1 is 1.00 bits per heavy atom. The zero-order valence-corrected chi connectivity index (χ0v) is 13.2. The molecule has 4 heteroatoms. The molecule has 2 amide bonds. The zero-order valence-electron chi connectivity index (χ0n) is 13.2. The number of benzene rings is 2. The van der Waals surface area contributed by atoms with Crippen molar-refractivity contribution in [3.63, 3.8) is 0 Å². The van der Waals surface area contributed by atoms with Gasteiger partial charge >= 0.3 is 0 Å². The molecule has 4 nitrogen and oxygen atoms in total. The van der Waals surface area contributed by atoms with Crippen LogP contribution < -0.4 is 10.2 Å². The van der Waals surface area contributed by atoms with Gasteiger partial charge in [-0.3, -0.25) is 9.59 Å². The first-order chi connectivity index (χ1) is 11.1. The normalized spacial score (nSPS) is 14.8. The highest BCUT2D eigenvalue weighted by atomic mass is 16.2. The van der Waals surface area contributed by atoms with Gasteiger partial charge in [-0.25, -0.2) is 0 Å². The van der Waals surface area contributed by atoms with Gasteiger partial charge in [0.25, 0.3) is 0 Å². The molecule has 23 heavy (non-hydrogen) atoms. The summed E-state index contributed by atoms with van der Waals surface area (Å²) < 4.78 is 0. The molecule has 0 unspecified atom stereocenters. The number of hydrogen-bond acceptors (Lipinski definition) is 2. The minimum absolute atomic E-state index is 0.130. The van der Waals surface area contributed by atoms with Gasteiger partial charge in [0.15, 0.2) is 0 Å². The van der Waals surface area contributed by atoms with Crippen LogP contribution in [0.25, 0.3) is 0 Å². The first-order valence-corrected chi connectivity index (χ1v) is 7.79. The lowest BCUT2D eigenvalue weighted by molar-refractivity contribution is -0.135. The van der Waals surface area contributed by atoms with Crippen LogP contribution >= 0.6 is 0 Å². The van der Waals surface area contributed by atoms with Crippen molar-refractivity contribution in [3.05, 3.63) is 66.2 Å². The fourth-order valence-electron chi connectivity index (χ4n) is 2.70. The van der Waals surface area contributed by atoms with Crippen molar-refractivity contribution >= 4 is 17.5 Å². The van der Waals surface area contributed by atoms with E-state index in [-0.39, 0.29) is 11.8 Å². The number of carbonyl (C=O) groups excluding carboxylic acids is 2. The molecular weight excluding hydrogens is 288 g/mol. The standard InChI is InChI=1S/C19H20N2O2/c1-21(16-10-6-3-7-11-16)18(23)19(12-13-19)17(22)20-14-15-8-4-2-5-9-15/h2-11H,12-14H2,1H3,(H,20,22). The number of carbonyl (C=O) groups is 2. The third-order valence-electron chi connectivity index (χ3n) is 4.34. The predicted molar refractivity (Wildman–Crippen MR) is 89.8 cm³/mol. The van der Waals surface area contributed by atoms with E-state index in [1.54, 1.807) is 11.9 Å². The SMILES string of the molecule is CN(C(=O)C1(C(=O)NCc2ccccc2)CC1)c1ccccc1. The van der Waals surface area contributed by atoms with Gasteiger partial charge in [0.2, 0.25) is 11.8 Å². The van der Waals surface area contributed by atoms with Gasteiger partial charge in [0.1, 0.15) is 5.41 Å². The number of nitrogens with one attached hydrogen (secondary N) is 1. The number of nitrogens with zero attached hydrogens (tertiary/aromatic N) is 1. The third-order valence-corrected chi connectivity index (χ3v) is 4.34. The molecule has 118 valence electrons. The Bertz CT molecular complexity index is 694. The Morgan fingerprint density at radius 2 is 1.57 bits per heavy atom. The molecule has 0 heterocycles. The maximum absolute atomic E-state index is 12.7. The highest BCUT2D eigenvalue weighted by Gasteiger charge is 2.57. The van der Waals surface area contributed by atoms with E-state index >= 15 is 0 Å². The summed E-state index contributed by atoms with van der Waals surface area (Å²) >= 11 is 0. The summed E-state index contributed by atoms with van der Waals surface area (Å²) in [7, 11) is 1.72. The van der Waals surface area contributed by atoms with E-state index in [4.69, 9.17) is 0 Å². The highest BCUT2D eigenvalue weighted by molar-refractivity contribution is 6.13. The van der Waals surface area contributed by atoms with Gasteiger partial charge in [-0.1, -0.05) is 48.5 Å². The van der Waals surface area contributed by atoms with Gasteiger partial charge in [-0.2, -0.15) is 0 Å². The second-order valence-electron chi connectivity index (χ2n) is 5.95. The first kappa shape index (κ1) is 15.3. The van der Waals surface area contributed by atoms with E-state index < -0.39 is 5.41 Å². The van der Waals surface area contributed by atoms with Crippen LogP contribution in [0.5, 0.6) is 0 Å². The van der Waals surface area contributed by atoms with Gasteiger partial charge in [0.05, 0.1) is 0 Å². The smallest absolute Gasteiger partial charge is 0.242 e. The summed E-state index contributed by atoms with van der Waals surface area (Å²) in [5.41, 5.74) is 0.944. The van der Waals surface area contributed by atoms with Crippen molar-refractivity contribution in [2.45, 2.75) is 19.4 Å². The van der Waals surface area contributed by atoms with E-state index in [2.05, 4.69) is 5.32 Å². The molecule has 0 atom stereocenters. The molecule has 0 spiro atoms. The molecule has 1 aliphatic rings. The lowest BCUT2D eigenvalue weighted by atomic mass is 10.0. The quantitative estimate of drug-likeness (QED) is 0.864. The van der Waals surface area contributed by atoms with Gasteiger partial charge < -0.3 is 10.2 Å². The van der Waals surface area contributed by atoms with Crippen molar-refractivity contribution in [2.24, 2.45) is 5.41 Å². The molecule has 1 aliphatic carbocycles. The minimum atomic E-state index is -0.890.